The molecule has 0 aromatic heterocycles. The third-order valence-electron chi connectivity index (χ3n) is 4.63. The SMILES string of the molecule is CC[C@H](C)c1ccccc1NC(=O)[C@H](C)OC(=O)c1ccc(OC)c(OC)c1. The van der Waals surface area contributed by atoms with Crippen molar-refractivity contribution in [2.45, 2.75) is 39.2 Å². The van der Waals surface area contributed by atoms with Crippen molar-refractivity contribution in [1.29, 1.82) is 0 Å². The zero-order valence-corrected chi connectivity index (χ0v) is 16.9. The van der Waals surface area contributed by atoms with Gasteiger partial charge in [0, 0.05) is 5.69 Å². The molecule has 6 heteroatoms. The van der Waals surface area contributed by atoms with Gasteiger partial charge in [-0.25, -0.2) is 4.79 Å². The van der Waals surface area contributed by atoms with Crippen LogP contribution in [-0.4, -0.2) is 32.2 Å². The molecule has 28 heavy (non-hydrogen) atoms. The highest BCUT2D eigenvalue weighted by Gasteiger charge is 2.21. The Bertz CT molecular complexity index is 833. The summed E-state index contributed by atoms with van der Waals surface area (Å²) in [6.07, 6.45) is 0.00192. The lowest BCUT2D eigenvalue weighted by molar-refractivity contribution is -0.123. The number of para-hydroxylation sites is 1. The molecule has 6 nitrogen and oxygen atoms in total. The van der Waals surface area contributed by atoms with Crippen LogP contribution in [0.5, 0.6) is 11.5 Å². The van der Waals surface area contributed by atoms with Crippen molar-refractivity contribution in [1.82, 2.24) is 0 Å². The van der Waals surface area contributed by atoms with E-state index in [1.54, 1.807) is 19.1 Å². The Morgan fingerprint density at radius 3 is 2.32 bits per heavy atom. The predicted octanol–water partition coefficient (Wildman–Crippen LogP) is 4.40. The summed E-state index contributed by atoms with van der Waals surface area (Å²) in [4.78, 5) is 24.9. The van der Waals surface area contributed by atoms with Gasteiger partial charge in [-0.05, 0) is 49.1 Å². The van der Waals surface area contributed by atoms with Crippen LogP contribution in [0.2, 0.25) is 0 Å². The Hall–Kier alpha value is -3.02. The molecule has 2 aromatic rings. The summed E-state index contributed by atoms with van der Waals surface area (Å²) in [7, 11) is 3.00. The van der Waals surface area contributed by atoms with Crippen molar-refractivity contribution in [2.24, 2.45) is 0 Å². The summed E-state index contributed by atoms with van der Waals surface area (Å²) in [5.74, 6) is 0.229. The Morgan fingerprint density at radius 2 is 1.68 bits per heavy atom. The molecular formula is C22H27NO5. The molecule has 0 fully saturated rings. The lowest BCUT2D eigenvalue weighted by Crippen LogP contribution is -2.30. The molecule has 2 atom stereocenters. The molecule has 0 aliphatic heterocycles. The van der Waals surface area contributed by atoms with Gasteiger partial charge in [0.25, 0.3) is 5.91 Å². The van der Waals surface area contributed by atoms with Crippen molar-refractivity contribution in [3.05, 3.63) is 53.6 Å². The highest BCUT2D eigenvalue weighted by Crippen LogP contribution is 2.28. The second-order valence-corrected chi connectivity index (χ2v) is 6.50. The maximum Gasteiger partial charge on any atom is 0.339 e. The molecular weight excluding hydrogens is 358 g/mol. The minimum atomic E-state index is -0.953. The van der Waals surface area contributed by atoms with Crippen LogP contribution in [0.15, 0.2) is 42.5 Å². The molecule has 1 amide bonds. The molecule has 0 heterocycles. The number of carbonyl (C=O) groups excluding carboxylic acids is 2. The second kappa shape index (κ2) is 9.78. The van der Waals surface area contributed by atoms with Crippen LogP contribution in [0, 0.1) is 0 Å². The minimum absolute atomic E-state index is 0.275. The van der Waals surface area contributed by atoms with Gasteiger partial charge >= 0.3 is 5.97 Å². The van der Waals surface area contributed by atoms with Gasteiger partial charge < -0.3 is 19.5 Å². The standard InChI is InChI=1S/C22H27NO5/c1-6-14(2)17-9-7-8-10-18(17)23-21(24)15(3)28-22(25)16-11-12-19(26-4)20(13-16)27-5/h7-15H,6H2,1-5H3,(H,23,24)/t14-,15-/m0/s1. The van der Waals surface area contributed by atoms with Gasteiger partial charge in [-0.1, -0.05) is 32.0 Å². The quantitative estimate of drug-likeness (QED) is 0.682. The Kier molecular flexibility index (Phi) is 7.44. The number of hydrogen-bond acceptors (Lipinski definition) is 5. The first-order chi connectivity index (χ1) is 13.4. The average molecular weight is 385 g/mol. The summed E-state index contributed by atoms with van der Waals surface area (Å²) >= 11 is 0. The maximum absolute atomic E-state index is 12.5. The van der Waals surface area contributed by atoms with Gasteiger partial charge in [0.15, 0.2) is 17.6 Å². The van der Waals surface area contributed by atoms with Crippen molar-refractivity contribution in [2.75, 3.05) is 19.5 Å². The molecule has 0 aliphatic carbocycles. The van der Waals surface area contributed by atoms with E-state index in [1.165, 1.54) is 20.3 Å². The first-order valence-electron chi connectivity index (χ1n) is 9.24. The van der Waals surface area contributed by atoms with E-state index in [0.29, 0.717) is 17.4 Å². The molecule has 150 valence electrons. The lowest BCUT2D eigenvalue weighted by Gasteiger charge is -2.18. The number of esters is 1. The number of ether oxygens (including phenoxy) is 3. The van der Waals surface area contributed by atoms with Crippen LogP contribution in [-0.2, 0) is 9.53 Å². The van der Waals surface area contributed by atoms with Crippen LogP contribution < -0.4 is 14.8 Å². The number of methoxy groups -OCH3 is 2. The Labute approximate surface area is 165 Å². The number of hydrogen-bond donors (Lipinski definition) is 1. The van der Waals surface area contributed by atoms with Crippen LogP contribution in [0.4, 0.5) is 5.69 Å². The zero-order chi connectivity index (χ0) is 20.7. The molecule has 1 N–H and O–H groups in total. The van der Waals surface area contributed by atoms with Gasteiger partial charge in [0.2, 0.25) is 0 Å². The molecule has 0 unspecified atom stereocenters. The molecule has 0 radical (unpaired) electrons. The van der Waals surface area contributed by atoms with Crippen molar-refractivity contribution >= 4 is 17.6 Å². The molecule has 0 aliphatic rings. The van der Waals surface area contributed by atoms with E-state index in [9.17, 15) is 9.59 Å². The molecule has 2 aromatic carbocycles. The summed E-state index contributed by atoms with van der Waals surface area (Å²) in [6, 6.07) is 12.3. The summed E-state index contributed by atoms with van der Waals surface area (Å²) in [5.41, 5.74) is 2.06. The maximum atomic E-state index is 12.5. The van der Waals surface area contributed by atoms with Gasteiger partial charge in [-0.3, -0.25) is 4.79 Å². The van der Waals surface area contributed by atoms with E-state index in [1.807, 2.05) is 24.3 Å². The summed E-state index contributed by atoms with van der Waals surface area (Å²) in [6.45, 7) is 5.74. The van der Waals surface area contributed by atoms with Crippen molar-refractivity contribution in [3.63, 3.8) is 0 Å². The normalized spacial score (nSPS) is 12.6. The monoisotopic (exact) mass is 385 g/mol. The summed E-state index contributed by atoms with van der Waals surface area (Å²) < 4.78 is 15.7. The van der Waals surface area contributed by atoms with Crippen molar-refractivity contribution in [3.8, 4) is 11.5 Å². The molecule has 0 bridgehead atoms. The number of benzene rings is 2. The number of anilines is 1. The molecule has 0 saturated heterocycles. The predicted molar refractivity (Wildman–Crippen MR) is 108 cm³/mol. The van der Waals surface area contributed by atoms with Crippen LogP contribution >= 0.6 is 0 Å². The van der Waals surface area contributed by atoms with E-state index in [4.69, 9.17) is 14.2 Å². The summed E-state index contributed by atoms with van der Waals surface area (Å²) in [5, 5.41) is 2.86. The van der Waals surface area contributed by atoms with E-state index in [0.717, 1.165) is 17.7 Å². The molecule has 0 saturated carbocycles. The fraction of sp³-hybridized carbons (Fsp3) is 0.364. The van der Waals surface area contributed by atoms with E-state index in [-0.39, 0.29) is 11.5 Å². The topological polar surface area (TPSA) is 73.9 Å². The minimum Gasteiger partial charge on any atom is -0.493 e. The van der Waals surface area contributed by atoms with Gasteiger partial charge in [0.1, 0.15) is 0 Å². The largest absolute Gasteiger partial charge is 0.493 e. The third-order valence-corrected chi connectivity index (χ3v) is 4.63. The van der Waals surface area contributed by atoms with E-state index < -0.39 is 12.1 Å². The first kappa shape index (κ1) is 21.3. The number of rotatable bonds is 8. The fourth-order valence-corrected chi connectivity index (χ4v) is 2.74. The van der Waals surface area contributed by atoms with E-state index in [2.05, 4.69) is 19.2 Å². The molecule has 0 spiro atoms. The molecule has 2 rings (SSSR count). The third kappa shape index (κ3) is 5.03. The average Bonchev–Trinajstić information content (AvgIpc) is 2.72. The highest BCUT2D eigenvalue weighted by molar-refractivity contribution is 5.98. The Morgan fingerprint density at radius 1 is 1.00 bits per heavy atom. The number of amides is 1. The van der Waals surface area contributed by atoms with Crippen LogP contribution in [0.25, 0.3) is 0 Å². The number of carbonyl (C=O) groups is 2. The number of nitrogens with one attached hydrogen (secondary N) is 1. The van der Waals surface area contributed by atoms with Crippen LogP contribution in [0.3, 0.4) is 0 Å². The van der Waals surface area contributed by atoms with E-state index >= 15 is 0 Å². The van der Waals surface area contributed by atoms with Gasteiger partial charge in [0.05, 0.1) is 19.8 Å². The highest BCUT2D eigenvalue weighted by atomic mass is 16.5. The Balaban J connectivity index is 2.08. The smallest absolute Gasteiger partial charge is 0.339 e. The second-order valence-electron chi connectivity index (χ2n) is 6.50. The van der Waals surface area contributed by atoms with Crippen LogP contribution in [0.1, 0.15) is 49.0 Å². The van der Waals surface area contributed by atoms with Gasteiger partial charge in [-0.2, -0.15) is 0 Å². The van der Waals surface area contributed by atoms with Gasteiger partial charge in [-0.15, -0.1) is 0 Å². The first-order valence-corrected chi connectivity index (χ1v) is 9.24. The van der Waals surface area contributed by atoms with Crippen molar-refractivity contribution < 1.29 is 23.8 Å². The lowest BCUT2D eigenvalue weighted by atomic mass is 9.97. The fourth-order valence-electron chi connectivity index (χ4n) is 2.74. The zero-order valence-electron chi connectivity index (χ0n) is 16.9.